The van der Waals surface area contributed by atoms with Crippen molar-refractivity contribution in [1.82, 2.24) is 9.80 Å². The molecule has 0 bridgehead atoms. The third-order valence-corrected chi connectivity index (χ3v) is 4.40. The van der Waals surface area contributed by atoms with Crippen molar-refractivity contribution in [3.63, 3.8) is 0 Å². The van der Waals surface area contributed by atoms with Crippen molar-refractivity contribution in [2.75, 3.05) is 39.9 Å². The lowest BCUT2D eigenvalue weighted by Crippen LogP contribution is -2.41. The van der Waals surface area contributed by atoms with Gasteiger partial charge in [0.15, 0.2) is 0 Å². The first-order chi connectivity index (χ1) is 12.1. The second-order valence-electron chi connectivity index (χ2n) is 6.17. The Morgan fingerprint density at radius 3 is 2.60 bits per heavy atom. The quantitative estimate of drug-likeness (QED) is 0.722. The monoisotopic (exact) mass is 348 g/mol. The zero-order chi connectivity index (χ0) is 18.2. The first-order valence-electron chi connectivity index (χ1n) is 8.93. The average Bonchev–Trinajstić information content (AvgIpc) is 3.14. The fourth-order valence-electron chi connectivity index (χ4n) is 2.88. The third-order valence-electron chi connectivity index (χ3n) is 4.40. The highest BCUT2D eigenvalue weighted by Crippen LogP contribution is 2.21. The van der Waals surface area contributed by atoms with Crippen LogP contribution in [0.3, 0.4) is 0 Å². The molecule has 0 N–H and O–H groups in total. The Labute approximate surface area is 149 Å². The molecular formula is C19H28N2O4. The van der Waals surface area contributed by atoms with E-state index in [1.165, 1.54) is 4.90 Å². The Hall–Kier alpha value is -2.08. The molecule has 6 heteroatoms. The molecule has 1 heterocycles. The van der Waals surface area contributed by atoms with Crippen molar-refractivity contribution in [3.05, 3.63) is 29.8 Å². The zero-order valence-electron chi connectivity index (χ0n) is 15.4. The van der Waals surface area contributed by atoms with Crippen LogP contribution < -0.4 is 4.74 Å². The van der Waals surface area contributed by atoms with Crippen LogP contribution in [0.2, 0.25) is 0 Å². The highest BCUT2D eigenvalue weighted by Gasteiger charge is 2.22. The summed E-state index contributed by atoms with van der Waals surface area (Å²) >= 11 is 0. The summed E-state index contributed by atoms with van der Waals surface area (Å²) in [7, 11) is 1.64. The summed E-state index contributed by atoms with van der Waals surface area (Å²) in [4.78, 5) is 28.1. The van der Waals surface area contributed by atoms with Crippen LogP contribution in [0.25, 0.3) is 0 Å². The summed E-state index contributed by atoms with van der Waals surface area (Å²) in [5.41, 5.74) is 0.468. The van der Waals surface area contributed by atoms with Gasteiger partial charge in [-0.25, -0.2) is 0 Å². The Morgan fingerprint density at radius 1 is 1.24 bits per heavy atom. The van der Waals surface area contributed by atoms with E-state index in [9.17, 15) is 9.59 Å². The lowest BCUT2D eigenvalue weighted by atomic mass is 10.1. The fraction of sp³-hybridized carbons (Fsp3) is 0.579. The summed E-state index contributed by atoms with van der Waals surface area (Å²) in [6, 6.07) is 7.14. The minimum atomic E-state index is -0.219. The van der Waals surface area contributed by atoms with Crippen molar-refractivity contribution < 1.29 is 19.1 Å². The van der Waals surface area contributed by atoms with E-state index in [0.717, 1.165) is 19.4 Å². The molecule has 1 aliphatic heterocycles. The highest BCUT2D eigenvalue weighted by molar-refractivity contribution is 5.98. The van der Waals surface area contributed by atoms with Gasteiger partial charge in [-0.2, -0.15) is 0 Å². The largest absolute Gasteiger partial charge is 0.490 e. The van der Waals surface area contributed by atoms with Gasteiger partial charge in [0, 0.05) is 26.7 Å². The zero-order valence-corrected chi connectivity index (χ0v) is 15.4. The molecule has 0 saturated carbocycles. The lowest BCUT2D eigenvalue weighted by Gasteiger charge is -2.24. The van der Waals surface area contributed by atoms with E-state index in [1.807, 2.05) is 19.9 Å². The van der Waals surface area contributed by atoms with Gasteiger partial charge in [0.05, 0.1) is 18.2 Å². The fourth-order valence-corrected chi connectivity index (χ4v) is 2.88. The van der Waals surface area contributed by atoms with Gasteiger partial charge >= 0.3 is 0 Å². The molecule has 1 aromatic rings. The molecular weight excluding hydrogens is 320 g/mol. The summed E-state index contributed by atoms with van der Waals surface area (Å²) < 4.78 is 11.4. The molecule has 1 saturated heterocycles. The molecule has 2 amide bonds. The molecule has 6 nitrogen and oxygen atoms in total. The Kier molecular flexibility index (Phi) is 7.25. The van der Waals surface area contributed by atoms with E-state index in [4.69, 9.17) is 9.47 Å². The number of hydrogen-bond donors (Lipinski definition) is 0. The molecule has 0 aromatic heterocycles. The maximum absolute atomic E-state index is 12.7. The second-order valence-corrected chi connectivity index (χ2v) is 6.17. The molecule has 1 fully saturated rings. The summed E-state index contributed by atoms with van der Waals surface area (Å²) in [6.07, 6.45) is 2.12. The predicted molar refractivity (Wildman–Crippen MR) is 95.8 cm³/mol. The van der Waals surface area contributed by atoms with Gasteiger partial charge in [-0.3, -0.25) is 9.59 Å². The van der Waals surface area contributed by atoms with E-state index in [1.54, 1.807) is 30.1 Å². The van der Waals surface area contributed by atoms with Gasteiger partial charge < -0.3 is 19.3 Å². The van der Waals surface area contributed by atoms with E-state index in [2.05, 4.69) is 0 Å². The van der Waals surface area contributed by atoms with Crippen LogP contribution in [0, 0.1) is 0 Å². The topological polar surface area (TPSA) is 59.1 Å². The van der Waals surface area contributed by atoms with Crippen LogP contribution in [0.4, 0.5) is 0 Å². The number of carbonyl (C=O) groups is 2. The molecule has 1 atom stereocenters. The van der Waals surface area contributed by atoms with Crippen LogP contribution >= 0.6 is 0 Å². The minimum Gasteiger partial charge on any atom is -0.490 e. The molecule has 1 aliphatic rings. The minimum absolute atomic E-state index is 0.0561. The van der Waals surface area contributed by atoms with E-state index in [0.29, 0.717) is 31.0 Å². The third kappa shape index (κ3) is 5.19. The number of rotatable bonds is 8. The number of para-hydroxylation sites is 1. The number of hydrogen-bond acceptors (Lipinski definition) is 4. The van der Waals surface area contributed by atoms with Crippen molar-refractivity contribution in [2.45, 2.75) is 32.8 Å². The van der Waals surface area contributed by atoms with Crippen molar-refractivity contribution in [2.24, 2.45) is 0 Å². The average molecular weight is 348 g/mol. The number of amides is 2. The SMILES string of the molecule is CCN(CC)C(=O)CN(C)C(=O)c1ccccc1OCC1CCCO1. The van der Waals surface area contributed by atoms with Crippen molar-refractivity contribution in [3.8, 4) is 5.75 Å². The first kappa shape index (κ1) is 19.2. The summed E-state index contributed by atoms with van der Waals surface area (Å²) in [5.74, 6) is 0.257. The number of benzene rings is 1. The number of carbonyl (C=O) groups excluding carboxylic acids is 2. The maximum atomic E-state index is 12.7. The van der Waals surface area contributed by atoms with Gasteiger partial charge in [-0.15, -0.1) is 0 Å². The normalized spacial score (nSPS) is 16.5. The molecule has 0 spiro atoms. The van der Waals surface area contributed by atoms with Crippen LogP contribution in [0.5, 0.6) is 5.75 Å². The maximum Gasteiger partial charge on any atom is 0.257 e. The van der Waals surface area contributed by atoms with Crippen LogP contribution in [-0.4, -0.2) is 67.6 Å². The van der Waals surface area contributed by atoms with Crippen LogP contribution in [0.1, 0.15) is 37.0 Å². The second kappa shape index (κ2) is 9.42. The smallest absolute Gasteiger partial charge is 0.257 e. The Bertz CT molecular complexity index is 581. The molecule has 1 unspecified atom stereocenters. The molecule has 0 radical (unpaired) electrons. The number of nitrogens with zero attached hydrogens (tertiary/aromatic N) is 2. The van der Waals surface area contributed by atoms with E-state index < -0.39 is 0 Å². The van der Waals surface area contributed by atoms with Crippen molar-refractivity contribution in [1.29, 1.82) is 0 Å². The Balaban J connectivity index is 2.01. The van der Waals surface area contributed by atoms with E-state index >= 15 is 0 Å². The number of ether oxygens (including phenoxy) is 2. The number of likely N-dealkylation sites (N-methyl/N-ethyl adjacent to an activating group) is 2. The molecule has 0 aliphatic carbocycles. The van der Waals surface area contributed by atoms with E-state index in [-0.39, 0.29) is 24.5 Å². The molecule has 138 valence electrons. The lowest BCUT2D eigenvalue weighted by molar-refractivity contribution is -0.131. The van der Waals surface area contributed by atoms with Crippen LogP contribution in [0.15, 0.2) is 24.3 Å². The molecule has 2 rings (SSSR count). The predicted octanol–water partition coefficient (Wildman–Crippen LogP) is 2.18. The van der Waals surface area contributed by atoms with Crippen molar-refractivity contribution >= 4 is 11.8 Å². The van der Waals surface area contributed by atoms with Gasteiger partial charge in [0.2, 0.25) is 5.91 Å². The molecule has 25 heavy (non-hydrogen) atoms. The van der Waals surface area contributed by atoms with Gasteiger partial charge in [0.25, 0.3) is 5.91 Å². The summed E-state index contributed by atoms with van der Waals surface area (Å²) in [6.45, 7) is 6.39. The highest BCUT2D eigenvalue weighted by atomic mass is 16.5. The van der Waals surface area contributed by atoms with Gasteiger partial charge in [-0.1, -0.05) is 12.1 Å². The standard InChI is InChI=1S/C19H28N2O4/c1-4-21(5-2)18(22)13-20(3)19(23)16-10-6-7-11-17(16)25-14-15-9-8-12-24-15/h6-7,10-11,15H,4-5,8-9,12-14H2,1-3H3. The molecule has 1 aromatic carbocycles. The Morgan fingerprint density at radius 2 is 1.96 bits per heavy atom. The van der Waals surface area contributed by atoms with Gasteiger partial charge in [0.1, 0.15) is 12.4 Å². The van der Waals surface area contributed by atoms with Crippen LogP contribution in [-0.2, 0) is 9.53 Å². The summed E-state index contributed by atoms with van der Waals surface area (Å²) in [5, 5.41) is 0. The first-order valence-corrected chi connectivity index (χ1v) is 8.93. The van der Waals surface area contributed by atoms with Gasteiger partial charge in [-0.05, 0) is 38.8 Å².